The van der Waals surface area contributed by atoms with Crippen molar-refractivity contribution in [3.8, 4) is 0 Å². The van der Waals surface area contributed by atoms with Gasteiger partial charge >= 0.3 is 0 Å². The predicted octanol–water partition coefficient (Wildman–Crippen LogP) is 3.17. The van der Waals surface area contributed by atoms with Crippen molar-refractivity contribution in [3.05, 3.63) is 21.9 Å². The van der Waals surface area contributed by atoms with E-state index in [4.69, 9.17) is 7.85 Å². The summed E-state index contributed by atoms with van der Waals surface area (Å²) in [6, 6.07) is 1.83. The largest absolute Gasteiger partial charge is 0.245 e. The third kappa shape index (κ3) is 2.79. The Morgan fingerprint density at radius 1 is 1.46 bits per heavy atom. The lowest BCUT2D eigenvalue weighted by molar-refractivity contribution is 0.419. The molecule has 0 aliphatic carbocycles. The van der Waals surface area contributed by atoms with Crippen LogP contribution in [0, 0.1) is 0 Å². The second-order valence-electron chi connectivity index (χ2n) is 4.22. The molecular formula is C9H13BFPS. The van der Waals surface area contributed by atoms with Gasteiger partial charge in [0.05, 0.1) is 0 Å². The fourth-order valence-corrected chi connectivity index (χ4v) is 2.27. The fraction of sp³-hybridized carbons (Fsp3) is 0.556. The van der Waals surface area contributed by atoms with Gasteiger partial charge in [0.15, 0.2) is 0 Å². The maximum atomic E-state index is 13.3. The van der Waals surface area contributed by atoms with E-state index in [9.17, 15) is 4.39 Å². The van der Waals surface area contributed by atoms with Crippen molar-refractivity contribution >= 4 is 28.4 Å². The normalized spacial score (nSPS) is 17.0. The quantitative estimate of drug-likeness (QED) is 0.497. The number of hydrogen-bond donors (Lipinski definition) is 0. The first-order chi connectivity index (χ1) is 5.71. The van der Waals surface area contributed by atoms with E-state index >= 15 is 0 Å². The van der Waals surface area contributed by atoms with E-state index < -0.39 is 5.31 Å². The standard InChI is InChI=1S/C9H13BFPS/c1-8(2,3)6-4-7(13-5-6)9(10,11)12/h4-5H,12H2,1-3H3. The van der Waals surface area contributed by atoms with Gasteiger partial charge in [-0.3, -0.25) is 0 Å². The van der Waals surface area contributed by atoms with Crippen molar-refractivity contribution in [2.24, 2.45) is 0 Å². The number of rotatable bonds is 1. The highest BCUT2D eigenvalue weighted by Crippen LogP contribution is 2.37. The minimum absolute atomic E-state index is 0.0602. The van der Waals surface area contributed by atoms with Gasteiger partial charge < -0.3 is 0 Å². The molecule has 0 bridgehead atoms. The third-order valence-corrected chi connectivity index (χ3v) is 3.42. The molecule has 2 unspecified atom stereocenters. The van der Waals surface area contributed by atoms with Gasteiger partial charge in [-0.25, -0.2) is 4.39 Å². The zero-order chi connectivity index (χ0) is 10.3. The van der Waals surface area contributed by atoms with Crippen LogP contribution in [0.3, 0.4) is 0 Å². The molecule has 0 saturated heterocycles. The van der Waals surface area contributed by atoms with Crippen molar-refractivity contribution in [1.82, 2.24) is 0 Å². The van der Waals surface area contributed by atoms with Crippen molar-refractivity contribution in [2.75, 3.05) is 0 Å². The average Bonchev–Trinajstić information content (AvgIpc) is 2.28. The van der Waals surface area contributed by atoms with Crippen LogP contribution in [0.15, 0.2) is 11.4 Å². The lowest BCUT2D eigenvalue weighted by Crippen LogP contribution is -2.11. The van der Waals surface area contributed by atoms with Crippen LogP contribution in [0.1, 0.15) is 31.2 Å². The van der Waals surface area contributed by atoms with Gasteiger partial charge in [0, 0.05) is 4.88 Å². The minimum atomic E-state index is -1.78. The molecule has 70 valence electrons. The molecule has 13 heavy (non-hydrogen) atoms. The molecule has 0 aliphatic rings. The molecule has 0 nitrogen and oxygen atoms in total. The van der Waals surface area contributed by atoms with Crippen LogP contribution in [0.5, 0.6) is 0 Å². The molecule has 0 N–H and O–H groups in total. The summed E-state index contributed by atoms with van der Waals surface area (Å²) < 4.78 is 13.3. The van der Waals surface area contributed by atoms with E-state index in [0.29, 0.717) is 4.88 Å². The molecule has 1 aromatic rings. The number of hydrogen-bond acceptors (Lipinski definition) is 1. The molecule has 2 radical (unpaired) electrons. The van der Waals surface area contributed by atoms with Gasteiger partial charge in [0.2, 0.25) is 0 Å². The van der Waals surface area contributed by atoms with Crippen LogP contribution in [0.2, 0.25) is 0 Å². The minimum Gasteiger partial charge on any atom is -0.245 e. The van der Waals surface area contributed by atoms with E-state index in [-0.39, 0.29) is 5.41 Å². The van der Waals surface area contributed by atoms with Gasteiger partial charge in [-0.1, -0.05) is 20.8 Å². The fourth-order valence-electron chi connectivity index (χ4n) is 0.930. The maximum absolute atomic E-state index is 13.3. The van der Waals surface area contributed by atoms with E-state index in [2.05, 4.69) is 20.8 Å². The van der Waals surface area contributed by atoms with Crippen molar-refractivity contribution in [3.63, 3.8) is 0 Å². The molecule has 1 rings (SSSR count). The molecule has 0 aromatic carbocycles. The zero-order valence-electron chi connectivity index (χ0n) is 8.10. The molecule has 0 amide bonds. The molecule has 1 aromatic heterocycles. The summed E-state index contributed by atoms with van der Waals surface area (Å²) in [5, 5.41) is 0.175. The Balaban J connectivity index is 3.01. The van der Waals surface area contributed by atoms with Gasteiger partial charge in [0.25, 0.3) is 0 Å². The molecule has 0 saturated carbocycles. The van der Waals surface area contributed by atoms with Crippen LogP contribution in [0.4, 0.5) is 4.39 Å². The summed E-state index contributed by atoms with van der Waals surface area (Å²) in [6.45, 7) is 6.29. The zero-order valence-corrected chi connectivity index (χ0v) is 10.1. The second-order valence-corrected chi connectivity index (χ2v) is 5.97. The van der Waals surface area contributed by atoms with E-state index in [1.807, 2.05) is 20.7 Å². The lowest BCUT2D eigenvalue weighted by atomic mass is 9.88. The molecular weight excluding hydrogens is 201 g/mol. The smallest absolute Gasteiger partial charge is 0.134 e. The molecule has 4 heteroatoms. The summed E-state index contributed by atoms with van der Waals surface area (Å²) in [5.41, 5.74) is 1.19. The van der Waals surface area contributed by atoms with Crippen molar-refractivity contribution < 1.29 is 4.39 Å². The van der Waals surface area contributed by atoms with E-state index in [1.165, 1.54) is 11.3 Å². The summed E-state index contributed by atoms with van der Waals surface area (Å²) in [7, 11) is 7.33. The second kappa shape index (κ2) is 3.36. The highest BCUT2D eigenvalue weighted by Gasteiger charge is 2.23. The summed E-state index contributed by atoms with van der Waals surface area (Å²) in [4.78, 5) is 0.558. The van der Waals surface area contributed by atoms with E-state index in [1.54, 1.807) is 0 Å². The topological polar surface area (TPSA) is 0 Å². The third-order valence-electron chi connectivity index (χ3n) is 1.84. The van der Waals surface area contributed by atoms with Crippen LogP contribution < -0.4 is 0 Å². The monoisotopic (exact) mass is 214 g/mol. The molecule has 0 fully saturated rings. The molecule has 0 aliphatic heterocycles. The first kappa shape index (κ1) is 11.2. The SMILES string of the molecule is [B]C(F)(P)c1cc(C(C)(C)C)cs1. The van der Waals surface area contributed by atoms with Crippen LogP contribution in [-0.4, -0.2) is 7.85 Å². The van der Waals surface area contributed by atoms with E-state index in [0.717, 1.165) is 5.56 Å². The number of alkyl halides is 1. The van der Waals surface area contributed by atoms with Gasteiger partial charge in [-0.05, 0) is 22.4 Å². The predicted molar refractivity (Wildman–Crippen MR) is 61.3 cm³/mol. The Morgan fingerprint density at radius 3 is 2.23 bits per heavy atom. The first-order valence-electron chi connectivity index (χ1n) is 4.07. The maximum Gasteiger partial charge on any atom is 0.134 e. The lowest BCUT2D eigenvalue weighted by Gasteiger charge is -2.16. The number of halogens is 1. The molecule has 1 heterocycles. The van der Waals surface area contributed by atoms with Gasteiger partial charge in [0.1, 0.15) is 13.2 Å². The average molecular weight is 214 g/mol. The van der Waals surface area contributed by atoms with Crippen molar-refractivity contribution in [2.45, 2.75) is 31.5 Å². The van der Waals surface area contributed by atoms with Gasteiger partial charge in [-0.2, -0.15) is 0 Å². The van der Waals surface area contributed by atoms with Crippen LogP contribution in [0.25, 0.3) is 0 Å². The van der Waals surface area contributed by atoms with Gasteiger partial charge in [-0.15, -0.1) is 20.6 Å². The Kier molecular flexibility index (Phi) is 2.90. The van der Waals surface area contributed by atoms with Crippen LogP contribution in [-0.2, 0) is 10.7 Å². The first-order valence-corrected chi connectivity index (χ1v) is 5.53. The molecule has 0 spiro atoms. The highest BCUT2D eigenvalue weighted by atomic mass is 32.1. The summed E-state index contributed by atoms with van der Waals surface area (Å²) >= 11 is 1.36. The molecule has 2 atom stereocenters. The van der Waals surface area contributed by atoms with Crippen LogP contribution >= 0.6 is 20.6 Å². The number of thiophene rings is 1. The Hall–Kier alpha value is 0.125. The summed E-state index contributed by atoms with van der Waals surface area (Å²) in [5.74, 6) is 0. The Bertz CT molecular complexity index is 267. The van der Waals surface area contributed by atoms with Crippen molar-refractivity contribution in [1.29, 1.82) is 0 Å². The summed E-state index contributed by atoms with van der Waals surface area (Å²) in [6.07, 6.45) is 0. The highest BCUT2D eigenvalue weighted by molar-refractivity contribution is 7.23. The Morgan fingerprint density at radius 2 is 2.00 bits per heavy atom. The Labute approximate surface area is 86.5 Å².